The highest BCUT2D eigenvalue weighted by Crippen LogP contribution is 2.42. The zero-order valence-corrected chi connectivity index (χ0v) is 19.6. The first kappa shape index (κ1) is 24.2. The molecule has 11 heteroatoms. The maximum Gasteiger partial charge on any atom is 0.258 e. The number of aromatic hydroxyl groups is 1. The normalized spacial score (nSPS) is 13.7. The summed E-state index contributed by atoms with van der Waals surface area (Å²) in [5.41, 5.74) is 0.628. The predicted octanol–water partition coefficient (Wildman–Crippen LogP) is 2.58. The molecule has 0 spiro atoms. The first-order chi connectivity index (χ1) is 15.0. The summed E-state index contributed by atoms with van der Waals surface area (Å²) in [5.74, 6) is -1.67. The topological polar surface area (TPSA) is 99.2 Å². The van der Waals surface area contributed by atoms with Crippen LogP contribution in [0.4, 0.5) is 4.39 Å². The molecule has 0 radical (unpaired) electrons. The number of hydrogen-bond acceptors (Lipinski definition) is 6. The number of hydrogen-bond donors (Lipinski definition) is 2. The number of rotatable bonds is 9. The molecule has 1 aliphatic heterocycles. The van der Waals surface area contributed by atoms with Gasteiger partial charge in [-0.1, -0.05) is 17.7 Å². The van der Waals surface area contributed by atoms with Gasteiger partial charge in [0.25, 0.3) is 5.91 Å². The summed E-state index contributed by atoms with van der Waals surface area (Å²) < 4.78 is 47.2. The van der Waals surface area contributed by atoms with Gasteiger partial charge in [-0.25, -0.2) is 17.5 Å². The van der Waals surface area contributed by atoms with E-state index in [2.05, 4.69) is 4.72 Å². The lowest BCUT2D eigenvalue weighted by Gasteiger charge is -2.16. The summed E-state index contributed by atoms with van der Waals surface area (Å²) in [4.78, 5) is 16.2. The van der Waals surface area contributed by atoms with Crippen molar-refractivity contribution in [3.63, 3.8) is 0 Å². The van der Waals surface area contributed by atoms with Crippen LogP contribution in [-0.4, -0.2) is 63.5 Å². The average Bonchev–Trinajstić information content (AvgIpc) is 3.04. The number of carbonyl (C=O) groups excluding carboxylic acids is 1. The van der Waals surface area contributed by atoms with Gasteiger partial charge >= 0.3 is 0 Å². The van der Waals surface area contributed by atoms with Gasteiger partial charge in [0.2, 0.25) is 10.0 Å². The van der Waals surface area contributed by atoms with E-state index in [1.165, 1.54) is 36.3 Å². The largest absolute Gasteiger partial charge is 0.504 e. The van der Waals surface area contributed by atoms with Crippen molar-refractivity contribution in [1.29, 1.82) is 0 Å². The van der Waals surface area contributed by atoms with Gasteiger partial charge < -0.3 is 19.6 Å². The molecule has 0 bridgehead atoms. The molecule has 174 valence electrons. The Balaban J connectivity index is 1.93. The molecule has 1 heterocycles. The van der Waals surface area contributed by atoms with Gasteiger partial charge in [-0.2, -0.15) is 0 Å². The van der Waals surface area contributed by atoms with Crippen molar-refractivity contribution in [3.05, 3.63) is 51.8 Å². The molecule has 8 nitrogen and oxygen atoms in total. The van der Waals surface area contributed by atoms with Crippen LogP contribution in [0.15, 0.2) is 29.2 Å². The Morgan fingerprint density at radius 1 is 1.31 bits per heavy atom. The van der Waals surface area contributed by atoms with Crippen LogP contribution >= 0.6 is 11.6 Å². The number of methoxy groups -OCH3 is 1. The molecule has 1 amide bonds. The highest BCUT2D eigenvalue weighted by molar-refractivity contribution is 7.89. The molecule has 0 saturated heterocycles. The van der Waals surface area contributed by atoms with Crippen LogP contribution in [0.3, 0.4) is 0 Å². The lowest BCUT2D eigenvalue weighted by molar-refractivity contribution is 0.0764. The minimum absolute atomic E-state index is 0.0470. The van der Waals surface area contributed by atoms with Gasteiger partial charge in [-0.05, 0) is 44.8 Å². The first-order valence-corrected chi connectivity index (χ1v) is 11.7. The molecular formula is C21H25ClFN3O5S. The number of carbonyl (C=O) groups is 1. The number of phenolic OH excluding ortho intramolecular Hbond substituents is 1. The van der Waals surface area contributed by atoms with E-state index >= 15 is 0 Å². The molecule has 0 aromatic heterocycles. The van der Waals surface area contributed by atoms with Crippen molar-refractivity contribution in [1.82, 2.24) is 14.5 Å². The van der Waals surface area contributed by atoms with Crippen molar-refractivity contribution in [3.8, 4) is 11.5 Å². The maximum atomic E-state index is 13.5. The number of amides is 1. The second kappa shape index (κ2) is 9.62. The van der Waals surface area contributed by atoms with E-state index in [9.17, 15) is 22.7 Å². The zero-order chi connectivity index (χ0) is 23.6. The average molecular weight is 486 g/mol. The van der Waals surface area contributed by atoms with Crippen LogP contribution in [-0.2, 0) is 23.1 Å². The van der Waals surface area contributed by atoms with Crippen molar-refractivity contribution < 1.29 is 27.4 Å². The number of nitrogens with zero attached hydrogens (tertiary/aromatic N) is 2. The van der Waals surface area contributed by atoms with Gasteiger partial charge in [0, 0.05) is 31.3 Å². The second-order valence-corrected chi connectivity index (χ2v) is 9.89. The lowest BCUT2D eigenvalue weighted by atomic mass is 10.1. The standard InChI is InChI=1S/C21H25ClFN3O5S/c1-25(2)8-4-7-24-32(29,30)18-10-17(31-3)20(27)19-14(18)12-26(21(19)28)11-13-5-6-16(23)15(22)9-13/h5-6,9-10,24,27H,4,7-8,11-12H2,1-3H3. The Hall–Kier alpha value is -2.40. The summed E-state index contributed by atoms with van der Waals surface area (Å²) in [7, 11) is 1.08. The Labute approximate surface area is 191 Å². The summed E-state index contributed by atoms with van der Waals surface area (Å²) >= 11 is 5.83. The molecule has 0 fully saturated rings. The molecule has 0 atom stereocenters. The second-order valence-electron chi connectivity index (χ2n) is 7.74. The van der Waals surface area contributed by atoms with Crippen LogP contribution in [0.25, 0.3) is 0 Å². The number of nitrogens with one attached hydrogen (secondary N) is 1. The molecule has 0 saturated carbocycles. The monoisotopic (exact) mass is 485 g/mol. The SMILES string of the molecule is COc1cc(S(=O)(=O)NCCCN(C)C)c2c(c1O)C(=O)N(Cc1ccc(F)c(Cl)c1)C2. The molecule has 0 unspecified atom stereocenters. The van der Waals surface area contributed by atoms with E-state index in [4.69, 9.17) is 16.3 Å². The van der Waals surface area contributed by atoms with Crippen molar-refractivity contribution in [2.45, 2.75) is 24.4 Å². The van der Waals surface area contributed by atoms with Crippen LogP contribution in [0, 0.1) is 5.82 Å². The molecule has 2 aromatic carbocycles. The van der Waals surface area contributed by atoms with Gasteiger partial charge in [0.15, 0.2) is 11.5 Å². The molecule has 2 aromatic rings. The van der Waals surface area contributed by atoms with Crippen LogP contribution < -0.4 is 9.46 Å². The summed E-state index contributed by atoms with van der Waals surface area (Å²) in [6, 6.07) is 5.30. The highest BCUT2D eigenvalue weighted by atomic mass is 35.5. The Bertz CT molecular complexity index is 1140. The molecule has 2 N–H and O–H groups in total. The number of phenols is 1. The van der Waals surface area contributed by atoms with Crippen molar-refractivity contribution in [2.75, 3.05) is 34.3 Å². The van der Waals surface area contributed by atoms with Crippen LogP contribution in [0.2, 0.25) is 5.02 Å². The van der Waals surface area contributed by atoms with Crippen LogP contribution in [0.5, 0.6) is 11.5 Å². The van der Waals surface area contributed by atoms with Gasteiger partial charge in [0.05, 0.1) is 22.6 Å². The quantitative estimate of drug-likeness (QED) is 0.530. The first-order valence-electron chi connectivity index (χ1n) is 9.85. The highest BCUT2D eigenvalue weighted by Gasteiger charge is 2.37. The Morgan fingerprint density at radius 2 is 2.03 bits per heavy atom. The predicted molar refractivity (Wildman–Crippen MR) is 118 cm³/mol. The molecular weight excluding hydrogens is 461 g/mol. The third-order valence-corrected chi connectivity index (χ3v) is 6.94. The minimum atomic E-state index is -3.97. The number of benzene rings is 2. The molecule has 1 aliphatic rings. The number of sulfonamides is 1. The van der Waals surface area contributed by atoms with Crippen molar-refractivity contribution in [2.24, 2.45) is 0 Å². The number of halogens is 2. The summed E-state index contributed by atoms with van der Waals surface area (Å²) in [5, 5.41) is 10.5. The van der Waals surface area contributed by atoms with Crippen molar-refractivity contribution >= 4 is 27.5 Å². The molecule has 0 aliphatic carbocycles. The van der Waals surface area contributed by atoms with Gasteiger partial charge in [-0.3, -0.25) is 4.79 Å². The Kier molecular flexibility index (Phi) is 7.29. The fraction of sp³-hybridized carbons (Fsp3) is 0.381. The lowest BCUT2D eigenvalue weighted by Crippen LogP contribution is -2.28. The summed E-state index contributed by atoms with van der Waals surface area (Å²) in [6.07, 6.45) is 0.597. The van der Waals surface area contributed by atoms with E-state index in [1.807, 2.05) is 19.0 Å². The van der Waals surface area contributed by atoms with Crippen LogP contribution in [0.1, 0.15) is 27.9 Å². The zero-order valence-electron chi connectivity index (χ0n) is 18.0. The van der Waals surface area contributed by atoms with Gasteiger partial charge in [0.1, 0.15) is 5.82 Å². The molecule has 3 rings (SSSR count). The third-order valence-electron chi connectivity index (χ3n) is 5.12. The van der Waals surface area contributed by atoms with Gasteiger partial charge in [-0.15, -0.1) is 0 Å². The number of fused-ring (bicyclic) bond motifs is 1. The van der Waals surface area contributed by atoms with E-state index in [0.29, 0.717) is 18.5 Å². The fourth-order valence-electron chi connectivity index (χ4n) is 3.53. The smallest absolute Gasteiger partial charge is 0.258 e. The minimum Gasteiger partial charge on any atom is -0.504 e. The maximum absolute atomic E-state index is 13.5. The fourth-order valence-corrected chi connectivity index (χ4v) is 5.06. The Morgan fingerprint density at radius 3 is 2.66 bits per heavy atom. The van der Waals surface area contributed by atoms with E-state index in [0.717, 1.165) is 0 Å². The third kappa shape index (κ3) is 4.98. The van der Waals surface area contributed by atoms with E-state index in [-0.39, 0.29) is 46.4 Å². The van der Waals surface area contributed by atoms with E-state index < -0.39 is 27.5 Å². The van der Waals surface area contributed by atoms with E-state index in [1.54, 1.807) is 0 Å². The molecule has 32 heavy (non-hydrogen) atoms. The number of ether oxygens (including phenoxy) is 1. The summed E-state index contributed by atoms with van der Waals surface area (Å²) in [6.45, 7) is 0.927.